The van der Waals surface area contributed by atoms with Gasteiger partial charge in [-0.05, 0) is 43.6 Å². The molecule has 1 aromatic rings. The zero-order chi connectivity index (χ0) is 15.9. The van der Waals surface area contributed by atoms with Crippen molar-refractivity contribution in [2.45, 2.75) is 38.3 Å². The fourth-order valence-corrected chi connectivity index (χ4v) is 4.03. The predicted octanol–water partition coefficient (Wildman–Crippen LogP) is 2.15. The summed E-state index contributed by atoms with van der Waals surface area (Å²) in [5, 5.41) is 13.8. The molecule has 2 saturated carbocycles. The highest BCUT2D eigenvalue weighted by atomic mass is 16.6. The number of fused-ring (bicyclic) bond motifs is 2. The summed E-state index contributed by atoms with van der Waals surface area (Å²) in [5.41, 5.74) is 6.97. The monoisotopic (exact) mass is 303 g/mol. The van der Waals surface area contributed by atoms with E-state index in [4.69, 9.17) is 5.73 Å². The second-order valence-corrected chi connectivity index (χ2v) is 6.52. The lowest BCUT2D eigenvalue weighted by atomic mass is 9.84. The lowest BCUT2D eigenvalue weighted by molar-refractivity contribution is -0.384. The third kappa shape index (κ3) is 2.59. The van der Waals surface area contributed by atoms with Crippen molar-refractivity contribution in [3.63, 3.8) is 0 Å². The molecular weight excluding hydrogens is 282 g/mol. The summed E-state index contributed by atoms with van der Waals surface area (Å²) < 4.78 is 0. The van der Waals surface area contributed by atoms with E-state index in [1.165, 1.54) is 12.1 Å². The van der Waals surface area contributed by atoms with Gasteiger partial charge in [0, 0.05) is 18.2 Å². The van der Waals surface area contributed by atoms with Crippen molar-refractivity contribution in [1.29, 1.82) is 0 Å². The van der Waals surface area contributed by atoms with E-state index in [0.717, 1.165) is 24.8 Å². The number of amides is 1. The van der Waals surface area contributed by atoms with Crippen molar-refractivity contribution in [3.8, 4) is 0 Å². The molecule has 0 heterocycles. The fourth-order valence-electron chi connectivity index (χ4n) is 4.03. The molecule has 0 aromatic heterocycles. The first-order valence-electron chi connectivity index (χ1n) is 7.77. The molecule has 2 aliphatic rings. The van der Waals surface area contributed by atoms with Crippen LogP contribution in [0.5, 0.6) is 0 Å². The van der Waals surface area contributed by atoms with Crippen LogP contribution in [0, 0.1) is 27.9 Å². The summed E-state index contributed by atoms with van der Waals surface area (Å²) in [6.07, 6.45) is 3.28. The summed E-state index contributed by atoms with van der Waals surface area (Å²) in [5.74, 6) is 0.754. The molecule has 2 aliphatic carbocycles. The van der Waals surface area contributed by atoms with E-state index in [-0.39, 0.29) is 29.6 Å². The van der Waals surface area contributed by atoms with E-state index in [2.05, 4.69) is 5.32 Å². The van der Waals surface area contributed by atoms with Crippen LogP contribution in [0.25, 0.3) is 0 Å². The fraction of sp³-hybridized carbons (Fsp3) is 0.562. The average molecular weight is 303 g/mol. The van der Waals surface area contributed by atoms with Crippen molar-refractivity contribution < 1.29 is 9.72 Å². The van der Waals surface area contributed by atoms with Gasteiger partial charge in [-0.1, -0.05) is 12.1 Å². The average Bonchev–Trinajstić information content (AvgIpc) is 3.08. The molecule has 5 unspecified atom stereocenters. The smallest absolute Gasteiger partial charge is 0.269 e. The number of carbonyl (C=O) groups is 1. The highest BCUT2D eigenvalue weighted by Crippen LogP contribution is 2.47. The molecule has 6 heteroatoms. The van der Waals surface area contributed by atoms with Crippen molar-refractivity contribution in [2.75, 3.05) is 0 Å². The standard InChI is InChI=1S/C16H21N3O3/c1-9(10-3-2-4-13(8-10)19(21)22)18-16(20)14-11-5-6-12(7-11)15(14)17/h2-4,8-9,11-12,14-15H,5-7,17H2,1H3,(H,18,20). The van der Waals surface area contributed by atoms with Crippen LogP contribution >= 0.6 is 0 Å². The van der Waals surface area contributed by atoms with E-state index in [1.807, 2.05) is 6.92 Å². The highest BCUT2D eigenvalue weighted by Gasteiger charge is 2.49. The molecule has 2 bridgehead atoms. The quantitative estimate of drug-likeness (QED) is 0.657. The van der Waals surface area contributed by atoms with Crippen molar-refractivity contribution in [1.82, 2.24) is 5.32 Å². The highest BCUT2D eigenvalue weighted by molar-refractivity contribution is 5.80. The topological polar surface area (TPSA) is 98.3 Å². The summed E-state index contributed by atoms with van der Waals surface area (Å²) in [7, 11) is 0. The molecule has 0 radical (unpaired) electrons. The lowest BCUT2D eigenvalue weighted by Gasteiger charge is -2.28. The molecule has 1 aromatic carbocycles. The second-order valence-electron chi connectivity index (χ2n) is 6.52. The number of nitro groups is 1. The van der Waals surface area contributed by atoms with Crippen molar-refractivity contribution >= 4 is 11.6 Å². The number of benzene rings is 1. The molecule has 0 spiro atoms. The minimum Gasteiger partial charge on any atom is -0.349 e. The van der Waals surface area contributed by atoms with Gasteiger partial charge in [0.2, 0.25) is 5.91 Å². The van der Waals surface area contributed by atoms with Gasteiger partial charge in [-0.2, -0.15) is 0 Å². The Kier molecular flexibility index (Phi) is 3.87. The Bertz CT molecular complexity index is 602. The number of nitro benzene ring substituents is 1. The van der Waals surface area contributed by atoms with Crippen LogP contribution in [0.1, 0.15) is 37.8 Å². The number of nitrogens with one attached hydrogen (secondary N) is 1. The van der Waals surface area contributed by atoms with Crippen LogP contribution in [0.3, 0.4) is 0 Å². The summed E-state index contributed by atoms with van der Waals surface area (Å²) >= 11 is 0. The predicted molar refractivity (Wildman–Crippen MR) is 82.0 cm³/mol. The third-order valence-corrected chi connectivity index (χ3v) is 5.22. The van der Waals surface area contributed by atoms with Gasteiger partial charge in [0.25, 0.3) is 5.69 Å². The molecule has 1 amide bonds. The van der Waals surface area contributed by atoms with Crippen LogP contribution in [0.4, 0.5) is 5.69 Å². The zero-order valence-electron chi connectivity index (χ0n) is 12.6. The van der Waals surface area contributed by atoms with Gasteiger partial charge >= 0.3 is 0 Å². The van der Waals surface area contributed by atoms with Gasteiger partial charge in [0.05, 0.1) is 16.9 Å². The number of non-ortho nitro benzene ring substituents is 1. The zero-order valence-corrected chi connectivity index (χ0v) is 12.6. The van der Waals surface area contributed by atoms with Crippen molar-refractivity contribution in [2.24, 2.45) is 23.5 Å². The molecule has 22 heavy (non-hydrogen) atoms. The van der Waals surface area contributed by atoms with Crippen molar-refractivity contribution in [3.05, 3.63) is 39.9 Å². The molecular formula is C16H21N3O3. The van der Waals surface area contributed by atoms with E-state index < -0.39 is 4.92 Å². The molecule has 0 aliphatic heterocycles. The number of carbonyl (C=O) groups excluding carboxylic acids is 1. The van der Waals surface area contributed by atoms with Gasteiger partial charge in [-0.25, -0.2) is 0 Å². The Hall–Kier alpha value is -1.95. The maximum atomic E-state index is 12.5. The Labute approximate surface area is 129 Å². The maximum Gasteiger partial charge on any atom is 0.269 e. The normalized spacial score (nSPS) is 31.0. The van der Waals surface area contributed by atoms with E-state index in [0.29, 0.717) is 11.8 Å². The number of hydrogen-bond donors (Lipinski definition) is 2. The molecule has 3 N–H and O–H groups in total. The van der Waals surface area contributed by atoms with Crippen LogP contribution in [0.2, 0.25) is 0 Å². The Morgan fingerprint density at radius 1 is 1.41 bits per heavy atom. The Balaban J connectivity index is 1.69. The van der Waals surface area contributed by atoms with Gasteiger partial charge in [-0.3, -0.25) is 14.9 Å². The van der Waals surface area contributed by atoms with E-state index in [9.17, 15) is 14.9 Å². The SMILES string of the molecule is CC(NC(=O)C1C2CCC(C2)C1N)c1cccc([N+](=O)[O-])c1. The Morgan fingerprint density at radius 2 is 2.14 bits per heavy atom. The lowest BCUT2D eigenvalue weighted by Crippen LogP contribution is -2.45. The first-order valence-corrected chi connectivity index (χ1v) is 7.77. The molecule has 6 nitrogen and oxygen atoms in total. The summed E-state index contributed by atoms with van der Waals surface area (Å²) in [4.78, 5) is 22.9. The summed E-state index contributed by atoms with van der Waals surface area (Å²) in [6, 6.07) is 6.07. The van der Waals surface area contributed by atoms with Crippen LogP contribution in [-0.2, 0) is 4.79 Å². The molecule has 5 atom stereocenters. The van der Waals surface area contributed by atoms with E-state index >= 15 is 0 Å². The molecule has 0 saturated heterocycles. The minimum atomic E-state index is -0.427. The number of hydrogen-bond acceptors (Lipinski definition) is 4. The molecule has 3 rings (SSSR count). The van der Waals surface area contributed by atoms with Gasteiger partial charge in [0.1, 0.15) is 0 Å². The van der Waals surface area contributed by atoms with Gasteiger partial charge in [0.15, 0.2) is 0 Å². The minimum absolute atomic E-state index is 0.0151. The molecule has 2 fully saturated rings. The van der Waals surface area contributed by atoms with Gasteiger partial charge < -0.3 is 11.1 Å². The largest absolute Gasteiger partial charge is 0.349 e. The van der Waals surface area contributed by atoms with Crippen LogP contribution in [0.15, 0.2) is 24.3 Å². The number of nitrogens with zero attached hydrogens (tertiary/aromatic N) is 1. The van der Waals surface area contributed by atoms with Crippen LogP contribution < -0.4 is 11.1 Å². The van der Waals surface area contributed by atoms with Gasteiger partial charge in [-0.15, -0.1) is 0 Å². The number of rotatable bonds is 4. The maximum absolute atomic E-state index is 12.5. The first-order chi connectivity index (χ1) is 10.5. The molecule has 118 valence electrons. The number of nitrogens with two attached hydrogens (primary N) is 1. The van der Waals surface area contributed by atoms with E-state index in [1.54, 1.807) is 12.1 Å². The summed E-state index contributed by atoms with van der Waals surface area (Å²) in [6.45, 7) is 1.84. The second kappa shape index (κ2) is 5.68. The first kappa shape index (κ1) is 15.0. The third-order valence-electron chi connectivity index (χ3n) is 5.22. The van der Waals surface area contributed by atoms with Crippen LogP contribution in [-0.4, -0.2) is 16.9 Å². The Morgan fingerprint density at radius 3 is 2.77 bits per heavy atom.